The lowest BCUT2D eigenvalue weighted by Crippen LogP contribution is -2.30. The van der Waals surface area contributed by atoms with Gasteiger partial charge < -0.3 is 14.2 Å². The molecule has 0 aliphatic carbocycles. The zero-order chi connectivity index (χ0) is 49.3. The largest absolute Gasteiger partial charge is 0.462 e. The van der Waals surface area contributed by atoms with Crippen molar-refractivity contribution in [2.45, 2.75) is 303 Å². The van der Waals surface area contributed by atoms with Crippen LogP contribution in [0.1, 0.15) is 297 Å². The summed E-state index contributed by atoms with van der Waals surface area (Å²) >= 11 is 0. The molecule has 1 atom stereocenters. The van der Waals surface area contributed by atoms with Crippen LogP contribution in [0.15, 0.2) is 60.8 Å². The van der Waals surface area contributed by atoms with E-state index in [1.807, 2.05) is 0 Å². The summed E-state index contributed by atoms with van der Waals surface area (Å²) in [5.41, 5.74) is 0. The average Bonchev–Trinajstić information content (AvgIpc) is 3.34. The van der Waals surface area contributed by atoms with E-state index in [1.54, 1.807) is 0 Å². The highest BCUT2D eigenvalue weighted by atomic mass is 16.6. The summed E-state index contributed by atoms with van der Waals surface area (Å²) in [5.74, 6) is -0.896. The van der Waals surface area contributed by atoms with Crippen molar-refractivity contribution in [1.29, 1.82) is 0 Å². The summed E-state index contributed by atoms with van der Waals surface area (Å²) in [6, 6.07) is 0. The molecule has 0 aliphatic rings. The Morgan fingerprint density at radius 3 is 0.912 bits per heavy atom. The van der Waals surface area contributed by atoms with Gasteiger partial charge in [-0.2, -0.15) is 0 Å². The van der Waals surface area contributed by atoms with Gasteiger partial charge in [-0.1, -0.05) is 255 Å². The summed E-state index contributed by atoms with van der Waals surface area (Å²) in [6.45, 7) is 6.56. The van der Waals surface area contributed by atoms with Gasteiger partial charge in [0.25, 0.3) is 0 Å². The Balaban J connectivity index is 4.37. The van der Waals surface area contributed by atoms with Crippen molar-refractivity contribution >= 4 is 17.9 Å². The van der Waals surface area contributed by atoms with E-state index in [-0.39, 0.29) is 31.1 Å². The van der Waals surface area contributed by atoms with Crippen LogP contribution in [0.4, 0.5) is 0 Å². The van der Waals surface area contributed by atoms with Crippen molar-refractivity contribution in [2.24, 2.45) is 0 Å². The first-order valence-corrected chi connectivity index (χ1v) is 29.3. The van der Waals surface area contributed by atoms with E-state index in [1.165, 1.54) is 154 Å². The number of carbonyl (C=O) groups excluding carboxylic acids is 3. The van der Waals surface area contributed by atoms with Gasteiger partial charge in [0.05, 0.1) is 0 Å². The molecule has 0 bridgehead atoms. The summed E-state index contributed by atoms with van der Waals surface area (Å²) < 4.78 is 16.9. The molecule has 0 amide bonds. The molecule has 0 spiro atoms. The van der Waals surface area contributed by atoms with Gasteiger partial charge in [-0.15, -0.1) is 0 Å². The first-order chi connectivity index (χ1) is 33.5. The number of allylic oxidation sites excluding steroid dienone is 10. The Bertz CT molecular complexity index is 1230. The topological polar surface area (TPSA) is 78.9 Å². The van der Waals surface area contributed by atoms with Crippen molar-refractivity contribution in [1.82, 2.24) is 0 Å². The predicted molar refractivity (Wildman–Crippen MR) is 293 cm³/mol. The van der Waals surface area contributed by atoms with Gasteiger partial charge in [-0.05, 0) is 83.5 Å². The maximum atomic E-state index is 12.9. The van der Waals surface area contributed by atoms with Crippen LogP contribution in [0.2, 0.25) is 0 Å². The third-order valence-electron chi connectivity index (χ3n) is 12.7. The highest BCUT2D eigenvalue weighted by Gasteiger charge is 2.19. The van der Waals surface area contributed by atoms with Gasteiger partial charge >= 0.3 is 17.9 Å². The van der Waals surface area contributed by atoms with Gasteiger partial charge in [-0.3, -0.25) is 14.4 Å². The minimum absolute atomic E-state index is 0.0834. The fourth-order valence-electron chi connectivity index (χ4n) is 8.31. The molecular formula is C62H110O6. The van der Waals surface area contributed by atoms with E-state index < -0.39 is 6.10 Å². The summed E-state index contributed by atoms with van der Waals surface area (Å²) in [5, 5.41) is 0. The lowest BCUT2D eigenvalue weighted by atomic mass is 10.0. The van der Waals surface area contributed by atoms with Crippen LogP contribution < -0.4 is 0 Å². The molecule has 68 heavy (non-hydrogen) atoms. The highest BCUT2D eigenvalue weighted by Crippen LogP contribution is 2.16. The fourth-order valence-corrected chi connectivity index (χ4v) is 8.31. The van der Waals surface area contributed by atoms with Crippen molar-refractivity contribution < 1.29 is 28.6 Å². The Kier molecular flexibility index (Phi) is 54.3. The SMILES string of the molecule is CCC/C=C\C/C=C\CCCCCCCC(=O)OCC(COC(=O)CCCCCCCC/C=C\C/C=C\C/C=C\CCCCC)OC(=O)CCCCCCCCCCCCCCCCCCCC. The van der Waals surface area contributed by atoms with Crippen molar-refractivity contribution in [3.8, 4) is 0 Å². The number of hydrogen-bond acceptors (Lipinski definition) is 6. The zero-order valence-corrected chi connectivity index (χ0v) is 45.1. The van der Waals surface area contributed by atoms with Crippen LogP contribution in [0.5, 0.6) is 0 Å². The molecule has 0 fully saturated rings. The molecule has 0 aromatic heterocycles. The number of rotatable bonds is 53. The van der Waals surface area contributed by atoms with E-state index in [2.05, 4.69) is 81.5 Å². The highest BCUT2D eigenvalue weighted by molar-refractivity contribution is 5.71. The maximum absolute atomic E-state index is 12.9. The lowest BCUT2D eigenvalue weighted by Gasteiger charge is -2.18. The maximum Gasteiger partial charge on any atom is 0.306 e. The van der Waals surface area contributed by atoms with E-state index >= 15 is 0 Å². The standard InChI is InChI=1S/C62H110O6/c1-4-7-10-13-16-19-22-25-27-29-31-33-34-37-40-43-46-49-52-55-61(64)67-58-59(57-66-60(63)54-51-48-45-42-39-36-24-21-18-15-12-9-6-3)68-62(65)56-53-50-47-44-41-38-35-32-30-28-26-23-20-17-14-11-8-5-2/h12,15-16,19,21,24-25,27,31,33,59H,4-11,13-14,17-18,20,22-23,26,28-30,32,34-58H2,1-3H3/b15-12-,19-16-,24-21-,27-25-,33-31-. The molecule has 0 rings (SSSR count). The van der Waals surface area contributed by atoms with Crippen LogP contribution in [0.3, 0.4) is 0 Å². The number of ether oxygens (including phenoxy) is 3. The van der Waals surface area contributed by atoms with Gasteiger partial charge in [0.15, 0.2) is 6.10 Å². The minimum atomic E-state index is -0.784. The number of unbranched alkanes of at least 4 members (excludes halogenated alkanes) is 32. The van der Waals surface area contributed by atoms with Gasteiger partial charge in [-0.25, -0.2) is 0 Å². The molecule has 0 aromatic rings. The average molecular weight is 952 g/mol. The fraction of sp³-hybridized carbons (Fsp3) is 0.790. The second-order valence-corrected chi connectivity index (χ2v) is 19.6. The lowest BCUT2D eigenvalue weighted by molar-refractivity contribution is -0.167. The monoisotopic (exact) mass is 951 g/mol. The number of hydrogen-bond donors (Lipinski definition) is 0. The molecule has 1 unspecified atom stereocenters. The van der Waals surface area contributed by atoms with E-state index in [0.29, 0.717) is 19.3 Å². The number of carbonyl (C=O) groups is 3. The van der Waals surface area contributed by atoms with Crippen LogP contribution in [-0.2, 0) is 28.6 Å². The van der Waals surface area contributed by atoms with Gasteiger partial charge in [0, 0.05) is 19.3 Å². The Morgan fingerprint density at radius 1 is 0.294 bits per heavy atom. The Labute approximate surface area is 421 Å². The van der Waals surface area contributed by atoms with Gasteiger partial charge in [0.2, 0.25) is 0 Å². The first kappa shape index (κ1) is 65.1. The molecule has 0 heterocycles. The Hall–Kier alpha value is -2.89. The quantitative estimate of drug-likeness (QED) is 0.0262. The minimum Gasteiger partial charge on any atom is -0.462 e. The van der Waals surface area contributed by atoms with Crippen molar-refractivity contribution in [3.63, 3.8) is 0 Å². The van der Waals surface area contributed by atoms with E-state index in [0.717, 1.165) is 103 Å². The second-order valence-electron chi connectivity index (χ2n) is 19.6. The van der Waals surface area contributed by atoms with Crippen molar-refractivity contribution in [2.75, 3.05) is 13.2 Å². The Morgan fingerprint density at radius 2 is 0.559 bits per heavy atom. The summed E-state index contributed by atoms with van der Waals surface area (Å²) in [6.07, 6.45) is 70.6. The predicted octanol–water partition coefficient (Wildman–Crippen LogP) is 19.6. The van der Waals surface area contributed by atoms with Crippen LogP contribution in [-0.4, -0.2) is 37.2 Å². The molecule has 6 heteroatoms. The van der Waals surface area contributed by atoms with Crippen LogP contribution in [0, 0.1) is 0 Å². The normalized spacial score (nSPS) is 12.5. The molecule has 394 valence electrons. The van der Waals surface area contributed by atoms with Crippen LogP contribution in [0.25, 0.3) is 0 Å². The van der Waals surface area contributed by atoms with E-state index in [9.17, 15) is 14.4 Å². The zero-order valence-electron chi connectivity index (χ0n) is 45.1. The third-order valence-corrected chi connectivity index (χ3v) is 12.7. The second kappa shape index (κ2) is 56.7. The summed E-state index contributed by atoms with van der Waals surface area (Å²) in [4.78, 5) is 38.2. The first-order valence-electron chi connectivity index (χ1n) is 29.3. The van der Waals surface area contributed by atoms with Crippen molar-refractivity contribution in [3.05, 3.63) is 60.8 Å². The molecule has 0 aromatic carbocycles. The smallest absolute Gasteiger partial charge is 0.306 e. The van der Waals surface area contributed by atoms with E-state index in [4.69, 9.17) is 14.2 Å². The molecule has 0 radical (unpaired) electrons. The molecule has 6 nitrogen and oxygen atoms in total. The molecule has 0 aliphatic heterocycles. The molecule has 0 saturated heterocycles. The molecule has 0 N–H and O–H groups in total. The molecular weight excluding hydrogens is 841 g/mol. The third kappa shape index (κ3) is 54.1. The number of esters is 3. The molecule has 0 saturated carbocycles. The summed E-state index contributed by atoms with van der Waals surface area (Å²) in [7, 11) is 0. The van der Waals surface area contributed by atoms with Crippen LogP contribution >= 0.6 is 0 Å². The van der Waals surface area contributed by atoms with Gasteiger partial charge in [0.1, 0.15) is 13.2 Å².